The number of benzene rings is 2. The predicted octanol–water partition coefficient (Wildman–Crippen LogP) is 5.33. The number of methoxy groups -OCH3 is 1. The number of rotatable bonds is 15. The van der Waals surface area contributed by atoms with E-state index in [-0.39, 0.29) is 40.7 Å². The summed E-state index contributed by atoms with van der Waals surface area (Å²) in [5, 5.41) is -0.123. The van der Waals surface area contributed by atoms with Gasteiger partial charge in [-0.05, 0) is 60.2 Å². The first-order valence-corrected chi connectivity index (χ1v) is 16.6. The van der Waals surface area contributed by atoms with Gasteiger partial charge in [-0.1, -0.05) is 29.4 Å². The standard InChI is InChI=1S/C29H29ClF2N2O8S2/c1-39-23-7-6-20(11-22(23)34-44(2,37)38)28(36)43-16-27(35)41-25(12-18-9-10-33-14-21(18)30)19-5-8-24(42-29(31)32)26(13-19)40-15-17-3-4-17/h5-11,13-14,17,25,29,34H,3-4,12,15-16H2,1-2H3/p+1/t25-/m0/s1. The maximum absolute atomic E-state index is 13.0. The molecule has 0 bridgehead atoms. The number of halogens is 3. The molecule has 236 valence electrons. The van der Waals surface area contributed by atoms with Gasteiger partial charge in [-0.15, -0.1) is 0 Å². The van der Waals surface area contributed by atoms with Crippen LogP contribution in [-0.4, -0.2) is 51.8 Å². The number of anilines is 1. The fourth-order valence-corrected chi connectivity index (χ4v) is 5.45. The summed E-state index contributed by atoms with van der Waals surface area (Å²) in [7, 11) is -2.30. The van der Waals surface area contributed by atoms with Crippen LogP contribution >= 0.6 is 23.4 Å². The number of alkyl halides is 2. The number of H-pyrrole nitrogens is 1. The smallest absolute Gasteiger partial charge is 0.387 e. The summed E-state index contributed by atoms with van der Waals surface area (Å²) in [6.07, 6.45) is 5.36. The van der Waals surface area contributed by atoms with Gasteiger partial charge < -0.3 is 18.9 Å². The van der Waals surface area contributed by atoms with E-state index in [1.165, 1.54) is 43.5 Å². The van der Waals surface area contributed by atoms with Crippen LogP contribution in [0.4, 0.5) is 14.5 Å². The van der Waals surface area contributed by atoms with Crippen molar-refractivity contribution in [1.82, 2.24) is 0 Å². The zero-order valence-corrected chi connectivity index (χ0v) is 26.1. The summed E-state index contributed by atoms with van der Waals surface area (Å²) in [5.41, 5.74) is 1.29. The van der Waals surface area contributed by atoms with Crippen LogP contribution in [-0.2, 0) is 26.0 Å². The molecular formula is C29H30ClF2N2O8S2+. The number of esters is 1. The Morgan fingerprint density at radius 3 is 2.52 bits per heavy atom. The molecule has 3 aromatic rings. The minimum absolute atomic E-state index is 0.0695. The van der Waals surface area contributed by atoms with E-state index < -0.39 is 33.8 Å². The Hall–Kier alpha value is -3.62. The molecule has 4 rings (SSSR count). The first-order valence-electron chi connectivity index (χ1n) is 13.3. The van der Waals surface area contributed by atoms with E-state index in [4.69, 9.17) is 25.8 Å². The highest BCUT2D eigenvalue weighted by Crippen LogP contribution is 2.37. The van der Waals surface area contributed by atoms with Crippen LogP contribution in [0.2, 0.25) is 5.02 Å². The molecule has 44 heavy (non-hydrogen) atoms. The second-order valence-electron chi connectivity index (χ2n) is 9.90. The average Bonchev–Trinajstić information content (AvgIpc) is 3.79. The van der Waals surface area contributed by atoms with Crippen LogP contribution in [0.1, 0.15) is 40.4 Å². The number of sulfonamides is 1. The SMILES string of the molecule is COc1ccc(C(=O)SCC(=O)O[C@@H](Cc2cc[nH+]cc2Cl)c2ccc(OC(F)F)c(OCC3CC3)c2)cc1NS(C)(=O)=O. The molecule has 1 saturated carbocycles. The van der Waals surface area contributed by atoms with Gasteiger partial charge in [-0.25, -0.2) is 13.4 Å². The number of carbonyl (C=O) groups excluding carboxylic acids is 2. The highest BCUT2D eigenvalue weighted by Gasteiger charge is 2.26. The van der Waals surface area contributed by atoms with Gasteiger partial charge in [0.05, 0.1) is 31.4 Å². The van der Waals surface area contributed by atoms with Crippen LogP contribution in [0, 0.1) is 5.92 Å². The molecule has 0 radical (unpaired) electrons. The first kappa shape index (κ1) is 33.3. The van der Waals surface area contributed by atoms with Crippen molar-refractivity contribution in [2.24, 2.45) is 5.92 Å². The maximum Gasteiger partial charge on any atom is 0.387 e. The fraction of sp³-hybridized carbons (Fsp3) is 0.345. The lowest BCUT2D eigenvalue weighted by molar-refractivity contribution is -0.378. The van der Waals surface area contributed by atoms with Crippen molar-refractivity contribution in [2.75, 3.05) is 30.4 Å². The largest absolute Gasteiger partial charge is 0.495 e. The van der Waals surface area contributed by atoms with Crippen LogP contribution in [0.5, 0.6) is 17.2 Å². The van der Waals surface area contributed by atoms with Crippen molar-refractivity contribution < 1.29 is 50.7 Å². The number of aromatic amines is 1. The van der Waals surface area contributed by atoms with Gasteiger partial charge >= 0.3 is 12.6 Å². The number of thioether (sulfide) groups is 1. The second-order valence-corrected chi connectivity index (χ2v) is 13.0. The molecule has 10 nitrogen and oxygen atoms in total. The lowest BCUT2D eigenvalue weighted by atomic mass is 10.0. The Morgan fingerprint density at radius 1 is 1.11 bits per heavy atom. The quantitative estimate of drug-likeness (QED) is 0.213. The van der Waals surface area contributed by atoms with E-state index in [0.717, 1.165) is 19.1 Å². The van der Waals surface area contributed by atoms with Crippen molar-refractivity contribution in [3.8, 4) is 17.2 Å². The van der Waals surface area contributed by atoms with Crippen molar-refractivity contribution in [2.45, 2.75) is 32.0 Å². The Morgan fingerprint density at radius 2 is 1.86 bits per heavy atom. The molecule has 0 amide bonds. The van der Waals surface area contributed by atoms with E-state index in [1.807, 2.05) is 0 Å². The predicted molar refractivity (Wildman–Crippen MR) is 160 cm³/mol. The second kappa shape index (κ2) is 14.9. The Labute approximate surface area is 262 Å². The normalized spacial score (nSPS) is 13.7. The molecular weight excluding hydrogens is 642 g/mol. The van der Waals surface area contributed by atoms with E-state index in [0.29, 0.717) is 40.4 Å². The van der Waals surface area contributed by atoms with Crippen LogP contribution in [0.15, 0.2) is 54.9 Å². The number of hydrogen-bond acceptors (Lipinski definition) is 9. The van der Waals surface area contributed by atoms with Gasteiger partial charge in [0.15, 0.2) is 23.9 Å². The molecule has 1 aromatic heterocycles. The number of carbonyl (C=O) groups is 2. The summed E-state index contributed by atoms with van der Waals surface area (Å²) in [4.78, 5) is 28.8. The minimum atomic E-state index is -3.65. The molecule has 1 aliphatic rings. The highest BCUT2D eigenvalue weighted by atomic mass is 35.5. The molecule has 0 spiro atoms. The van der Waals surface area contributed by atoms with Crippen molar-refractivity contribution in [1.29, 1.82) is 0 Å². The van der Waals surface area contributed by atoms with Crippen LogP contribution in [0.3, 0.4) is 0 Å². The zero-order valence-electron chi connectivity index (χ0n) is 23.7. The van der Waals surface area contributed by atoms with Crippen LogP contribution < -0.4 is 23.9 Å². The summed E-state index contributed by atoms with van der Waals surface area (Å²) >= 11 is 7.01. The van der Waals surface area contributed by atoms with Gasteiger partial charge in [-0.2, -0.15) is 8.78 Å². The topological polar surface area (TPSA) is 131 Å². The van der Waals surface area contributed by atoms with E-state index >= 15 is 0 Å². The summed E-state index contributed by atoms with van der Waals surface area (Å²) in [6.45, 7) is -2.73. The lowest BCUT2D eigenvalue weighted by Crippen LogP contribution is -2.17. The van der Waals surface area contributed by atoms with Crippen LogP contribution in [0.25, 0.3) is 0 Å². The highest BCUT2D eigenvalue weighted by molar-refractivity contribution is 8.14. The third-order valence-corrected chi connectivity index (χ3v) is 8.18. The Bertz CT molecular complexity index is 1610. The third kappa shape index (κ3) is 9.96. The summed E-state index contributed by atoms with van der Waals surface area (Å²) < 4.78 is 73.2. The monoisotopic (exact) mass is 671 g/mol. The molecule has 1 aliphatic carbocycles. The Kier molecular flexibility index (Phi) is 11.3. The zero-order chi connectivity index (χ0) is 31.9. The molecule has 0 aliphatic heterocycles. The fourth-order valence-electron chi connectivity index (χ4n) is 4.07. The molecule has 15 heteroatoms. The van der Waals surface area contributed by atoms with Crippen molar-refractivity contribution >= 4 is 50.2 Å². The van der Waals surface area contributed by atoms with Gasteiger partial charge in [0.2, 0.25) is 15.1 Å². The minimum Gasteiger partial charge on any atom is -0.495 e. The van der Waals surface area contributed by atoms with Gasteiger partial charge in [0, 0.05) is 18.1 Å². The summed E-state index contributed by atoms with van der Waals surface area (Å²) in [6, 6.07) is 10.2. The third-order valence-electron chi connectivity index (χ3n) is 6.36. The van der Waals surface area contributed by atoms with Gasteiger partial charge in [-0.3, -0.25) is 14.3 Å². The van der Waals surface area contributed by atoms with E-state index in [2.05, 4.69) is 14.4 Å². The molecule has 1 atom stereocenters. The number of ether oxygens (including phenoxy) is 4. The Balaban J connectivity index is 1.52. The molecule has 1 fully saturated rings. The van der Waals surface area contributed by atoms with E-state index in [1.54, 1.807) is 18.5 Å². The van der Waals surface area contributed by atoms with Crippen molar-refractivity contribution in [3.05, 3.63) is 76.6 Å². The maximum atomic E-state index is 13.0. The van der Waals surface area contributed by atoms with Gasteiger partial charge in [0.25, 0.3) is 0 Å². The average molecular weight is 672 g/mol. The lowest BCUT2D eigenvalue weighted by Gasteiger charge is -2.21. The number of aromatic nitrogens is 1. The number of pyridine rings is 1. The molecule has 0 saturated heterocycles. The van der Waals surface area contributed by atoms with Gasteiger partial charge in [0.1, 0.15) is 16.9 Å². The number of nitrogens with one attached hydrogen (secondary N) is 2. The molecule has 2 N–H and O–H groups in total. The van der Waals surface area contributed by atoms with E-state index in [9.17, 15) is 26.8 Å². The number of hydrogen-bond donors (Lipinski definition) is 1. The first-order chi connectivity index (χ1) is 20.9. The molecule has 2 aromatic carbocycles. The summed E-state index contributed by atoms with van der Waals surface area (Å²) in [5.74, 6) is -0.614. The van der Waals surface area contributed by atoms with Crippen molar-refractivity contribution in [3.63, 3.8) is 0 Å². The molecule has 0 unspecified atom stereocenters. The molecule has 1 heterocycles.